The van der Waals surface area contributed by atoms with Crippen LogP contribution >= 0.6 is 11.3 Å². The fraction of sp³-hybridized carbons (Fsp3) is 0.579. The van der Waals surface area contributed by atoms with Crippen molar-refractivity contribution in [3.8, 4) is 0 Å². The lowest BCUT2D eigenvalue weighted by molar-refractivity contribution is 0.0531. The van der Waals surface area contributed by atoms with Crippen molar-refractivity contribution in [1.29, 1.82) is 0 Å². The number of hydrogen-bond acceptors (Lipinski definition) is 6. The van der Waals surface area contributed by atoms with E-state index in [4.69, 9.17) is 4.74 Å². The van der Waals surface area contributed by atoms with Crippen molar-refractivity contribution in [2.45, 2.75) is 53.6 Å². The normalized spacial score (nSPS) is 12.7. The average molecular weight is 407 g/mol. The molecule has 0 spiro atoms. The fourth-order valence-corrected chi connectivity index (χ4v) is 3.75. The van der Waals surface area contributed by atoms with E-state index in [-0.39, 0.29) is 12.0 Å². The average Bonchev–Trinajstić information content (AvgIpc) is 3.19. The van der Waals surface area contributed by atoms with Crippen LogP contribution in [0.2, 0.25) is 0 Å². The molecule has 2 N–H and O–H groups in total. The molecule has 2 aromatic rings. The SMILES string of the molecule is CCOC(=O)c1sc(C(C)NC(=NC)NCCCn2nc(C)cc2C)nc1C. The number of hydrogen-bond donors (Lipinski definition) is 2. The number of nitrogens with zero attached hydrogens (tertiary/aromatic N) is 4. The zero-order valence-electron chi connectivity index (χ0n) is 17.5. The van der Waals surface area contributed by atoms with Crippen molar-refractivity contribution >= 4 is 23.3 Å². The van der Waals surface area contributed by atoms with E-state index in [0.29, 0.717) is 23.1 Å². The Balaban J connectivity index is 1.86. The van der Waals surface area contributed by atoms with Crippen LogP contribution in [0.15, 0.2) is 11.1 Å². The second-order valence-corrected chi connectivity index (χ2v) is 7.59. The summed E-state index contributed by atoms with van der Waals surface area (Å²) in [6.07, 6.45) is 0.931. The number of thiazole rings is 1. The van der Waals surface area contributed by atoms with Gasteiger partial charge in [-0.3, -0.25) is 9.67 Å². The number of aromatic nitrogens is 3. The van der Waals surface area contributed by atoms with Gasteiger partial charge in [-0.25, -0.2) is 9.78 Å². The highest BCUT2D eigenvalue weighted by Crippen LogP contribution is 2.24. The Hall–Kier alpha value is -2.42. The molecule has 154 valence electrons. The van der Waals surface area contributed by atoms with Crippen molar-refractivity contribution in [2.24, 2.45) is 4.99 Å². The van der Waals surface area contributed by atoms with Crippen LogP contribution in [0.5, 0.6) is 0 Å². The van der Waals surface area contributed by atoms with E-state index in [9.17, 15) is 4.79 Å². The Morgan fingerprint density at radius 1 is 1.39 bits per heavy atom. The highest BCUT2D eigenvalue weighted by Gasteiger charge is 2.20. The minimum Gasteiger partial charge on any atom is -0.462 e. The van der Waals surface area contributed by atoms with Crippen molar-refractivity contribution in [3.63, 3.8) is 0 Å². The van der Waals surface area contributed by atoms with Gasteiger partial charge in [0.05, 0.1) is 24.0 Å². The van der Waals surface area contributed by atoms with E-state index >= 15 is 0 Å². The third kappa shape index (κ3) is 5.79. The molecule has 0 aliphatic carbocycles. The maximum Gasteiger partial charge on any atom is 0.350 e. The van der Waals surface area contributed by atoms with Gasteiger partial charge >= 0.3 is 5.97 Å². The Morgan fingerprint density at radius 3 is 2.75 bits per heavy atom. The molecular weight excluding hydrogens is 376 g/mol. The van der Waals surface area contributed by atoms with Crippen LogP contribution < -0.4 is 10.6 Å². The molecule has 0 amide bonds. The molecule has 9 heteroatoms. The molecule has 2 aromatic heterocycles. The summed E-state index contributed by atoms with van der Waals surface area (Å²) in [6, 6.07) is 2.00. The van der Waals surface area contributed by atoms with Crippen LogP contribution in [0, 0.1) is 20.8 Å². The van der Waals surface area contributed by atoms with Gasteiger partial charge in [0, 0.05) is 25.8 Å². The summed E-state index contributed by atoms with van der Waals surface area (Å²) in [5, 5.41) is 11.9. The molecular formula is C19H30N6O2S. The monoisotopic (exact) mass is 406 g/mol. The van der Waals surface area contributed by atoms with Crippen LogP contribution in [-0.4, -0.2) is 46.9 Å². The topological polar surface area (TPSA) is 93.4 Å². The number of guanidine groups is 1. The molecule has 1 unspecified atom stereocenters. The second-order valence-electron chi connectivity index (χ2n) is 6.56. The Bertz CT molecular complexity index is 827. The molecule has 1 atom stereocenters. The first kappa shape index (κ1) is 21.9. The molecule has 0 aliphatic heterocycles. The number of carbonyl (C=O) groups excluding carboxylic acids is 1. The van der Waals surface area contributed by atoms with Gasteiger partial charge in [-0.05, 0) is 47.1 Å². The van der Waals surface area contributed by atoms with E-state index in [0.717, 1.165) is 30.2 Å². The van der Waals surface area contributed by atoms with Gasteiger partial charge in [-0.15, -0.1) is 11.3 Å². The second kappa shape index (κ2) is 10.2. The molecule has 28 heavy (non-hydrogen) atoms. The maximum absolute atomic E-state index is 12.0. The van der Waals surface area contributed by atoms with E-state index in [1.165, 1.54) is 17.0 Å². The molecule has 0 aliphatic rings. The van der Waals surface area contributed by atoms with Crippen molar-refractivity contribution in [2.75, 3.05) is 20.2 Å². The molecule has 0 radical (unpaired) electrons. The number of carbonyl (C=O) groups is 1. The number of nitrogens with one attached hydrogen (secondary N) is 2. The van der Waals surface area contributed by atoms with E-state index < -0.39 is 0 Å². The largest absolute Gasteiger partial charge is 0.462 e. The number of esters is 1. The molecule has 8 nitrogen and oxygen atoms in total. The fourth-order valence-electron chi connectivity index (χ4n) is 2.79. The zero-order chi connectivity index (χ0) is 20.7. The van der Waals surface area contributed by atoms with E-state index in [1.807, 2.05) is 25.5 Å². The summed E-state index contributed by atoms with van der Waals surface area (Å²) in [5.74, 6) is 0.383. The minimum absolute atomic E-state index is 0.0749. The predicted octanol–water partition coefficient (Wildman–Crippen LogP) is 2.76. The predicted molar refractivity (Wildman–Crippen MR) is 112 cm³/mol. The van der Waals surface area contributed by atoms with Gasteiger partial charge in [0.25, 0.3) is 0 Å². The number of aliphatic imine (C=N–C) groups is 1. The van der Waals surface area contributed by atoms with Gasteiger partial charge in [0.1, 0.15) is 9.88 Å². The van der Waals surface area contributed by atoms with Crippen molar-refractivity contribution in [3.05, 3.63) is 33.0 Å². The molecule has 0 fully saturated rings. The number of aryl methyl sites for hydroxylation is 4. The van der Waals surface area contributed by atoms with Gasteiger partial charge in [-0.1, -0.05) is 0 Å². The lowest BCUT2D eigenvalue weighted by atomic mass is 10.3. The van der Waals surface area contributed by atoms with Gasteiger partial charge in [0.15, 0.2) is 5.96 Å². The Morgan fingerprint density at radius 2 is 2.14 bits per heavy atom. The Labute approximate surface area is 170 Å². The van der Waals surface area contributed by atoms with Gasteiger partial charge in [0.2, 0.25) is 0 Å². The maximum atomic E-state index is 12.0. The first-order valence-electron chi connectivity index (χ1n) is 9.48. The first-order valence-corrected chi connectivity index (χ1v) is 10.3. The smallest absolute Gasteiger partial charge is 0.350 e. The molecule has 0 saturated heterocycles. The van der Waals surface area contributed by atoms with Crippen LogP contribution in [0.1, 0.15) is 58.1 Å². The third-order valence-electron chi connectivity index (χ3n) is 4.16. The van der Waals surface area contributed by atoms with Crippen LogP contribution in [-0.2, 0) is 11.3 Å². The van der Waals surface area contributed by atoms with Gasteiger partial charge < -0.3 is 15.4 Å². The van der Waals surface area contributed by atoms with Crippen molar-refractivity contribution < 1.29 is 9.53 Å². The van der Waals surface area contributed by atoms with E-state index in [2.05, 4.69) is 38.7 Å². The molecule has 0 saturated carbocycles. The molecule has 2 rings (SSSR count). The zero-order valence-corrected chi connectivity index (χ0v) is 18.3. The molecule has 0 bridgehead atoms. The summed E-state index contributed by atoms with van der Waals surface area (Å²) in [5.41, 5.74) is 2.91. The lowest BCUT2D eigenvalue weighted by Crippen LogP contribution is -2.39. The highest BCUT2D eigenvalue weighted by atomic mass is 32.1. The van der Waals surface area contributed by atoms with Crippen molar-refractivity contribution in [1.82, 2.24) is 25.4 Å². The van der Waals surface area contributed by atoms with E-state index in [1.54, 1.807) is 14.0 Å². The third-order valence-corrected chi connectivity index (χ3v) is 5.48. The molecule has 0 aromatic carbocycles. The summed E-state index contributed by atoms with van der Waals surface area (Å²) in [4.78, 5) is 21.3. The number of ether oxygens (including phenoxy) is 1. The lowest BCUT2D eigenvalue weighted by Gasteiger charge is -2.16. The quantitative estimate of drug-likeness (QED) is 0.303. The minimum atomic E-state index is -0.317. The summed E-state index contributed by atoms with van der Waals surface area (Å²) in [7, 11) is 1.74. The summed E-state index contributed by atoms with van der Waals surface area (Å²) in [6.45, 7) is 11.7. The van der Waals surface area contributed by atoms with Crippen LogP contribution in [0.25, 0.3) is 0 Å². The standard InChI is InChI=1S/C19H30N6O2S/c1-7-27-18(26)16-14(4)22-17(28-16)15(5)23-19(20-6)21-9-8-10-25-13(3)11-12(2)24-25/h11,15H,7-10H2,1-6H3,(H2,20,21,23). The molecule has 2 heterocycles. The summed E-state index contributed by atoms with van der Waals surface area (Å²) >= 11 is 1.36. The van der Waals surface area contributed by atoms with Crippen LogP contribution in [0.4, 0.5) is 0 Å². The number of rotatable bonds is 8. The van der Waals surface area contributed by atoms with Gasteiger partial charge in [-0.2, -0.15) is 5.10 Å². The summed E-state index contributed by atoms with van der Waals surface area (Å²) < 4.78 is 7.10. The highest BCUT2D eigenvalue weighted by molar-refractivity contribution is 7.13. The Kier molecular flexibility index (Phi) is 7.98. The van der Waals surface area contributed by atoms with Crippen LogP contribution in [0.3, 0.4) is 0 Å². The first-order chi connectivity index (χ1) is 13.3.